The van der Waals surface area contributed by atoms with Crippen LogP contribution in [0.2, 0.25) is 0 Å². The molecular weight excluding hydrogens is 168 g/mol. The van der Waals surface area contributed by atoms with Crippen molar-refractivity contribution in [3.05, 3.63) is 18.0 Å². The van der Waals surface area contributed by atoms with Crippen molar-refractivity contribution >= 4 is 5.97 Å². The average molecular weight is 182 g/mol. The number of carbonyl (C=O) groups is 1. The third kappa shape index (κ3) is 3.27. The van der Waals surface area contributed by atoms with E-state index in [1.807, 2.05) is 23.9 Å². The third-order valence-corrected chi connectivity index (χ3v) is 1.84. The molecule has 13 heavy (non-hydrogen) atoms. The van der Waals surface area contributed by atoms with E-state index in [-0.39, 0.29) is 6.42 Å². The lowest BCUT2D eigenvalue weighted by atomic mass is 10.2. The first-order valence-electron chi connectivity index (χ1n) is 4.46. The van der Waals surface area contributed by atoms with Crippen molar-refractivity contribution in [2.75, 3.05) is 0 Å². The van der Waals surface area contributed by atoms with Crippen molar-refractivity contribution in [1.29, 1.82) is 0 Å². The third-order valence-electron chi connectivity index (χ3n) is 1.84. The zero-order valence-electron chi connectivity index (χ0n) is 7.73. The Morgan fingerprint density at radius 3 is 3.00 bits per heavy atom. The van der Waals surface area contributed by atoms with Gasteiger partial charge in [-0.3, -0.25) is 9.48 Å². The van der Waals surface area contributed by atoms with Crippen molar-refractivity contribution in [1.82, 2.24) is 9.78 Å². The Kier molecular flexibility index (Phi) is 3.49. The van der Waals surface area contributed by atoms with E-state index in [0.717, 1.165) is 18.7 Å². The van der Waals surface area contributed by atoms with Gasteiger partial charge in [-0.1, -0.05) is 0 Å². The number of aliphatic carboxylic acids is 1. The molecule has 0 bridgehead atoms. The van der Waals surface area contributed by atoms with Gasteiger partial charge in [0.25, 0.3) is 0 Å². The van der Waals surface area contributed by atoms with E-state index in [1.54, 1.807) is 0 Å². The lowest BCUT2D eigenvalue weighted by Crippen LogP contribution is -1.98. The molecule has 0 spiro atoms. The lowest BCUT2D eigenvalue weighted by molar-refractivity contribution is -0.137. The first-order chi connectivity index (χ1) is 6.22. The van der Waals surface area contributed by atoms with E-state index in [4.69, 9.17) is 5.11 Å². The van der Waals surface area contributed by atoms with Crippen LogP contribution in [-0.4, -0.2) is 20.9 Å². The van der Waals surface area contributed by atoms with Gasteiger partial charge in [0.15, 0.2) is 0 Å². The molecule has 0 fully saturated rings. The summed E-state index contributed by atoms with van der Waals surface area (Å²) in [6, 6.07) is 1.94. The molecule has 0 unspecified atom stereocenters. The number of carboxylic acid groups (broad SMARTS) is 1. The smallest absolute Gasteiger partial charge is 0.303 e. The number of rotatable bonds is 5. The van der Waals surface area contributed by atoms with Crippen LogP contribution in [0.3, 0.4) is 0 Å². The maximum atomic E-state index is 10.2. The van der Waals surface area contributed by atoms with E-state index >= 15 is 0 Å². The maximum absolute atomic E-state index is 10.2. The molecule has 4 nitrogen and oxygen atoms in total. The molecule has 0 radical (unpaired) electrons. The molecule has 0 amide bonds. The first-order valence-corrected chi connectivity index (χ1v) is 4.46. The van der Waals surface area contributed by atoms with Crippen molar-refractivity contribution in [2.45, 2.75) is 32.7 Å². The highest BCUT2D eigenvalue weighted by Gasteiger charge is 2.00. The second kappa shape index (κ2) is 4.64. The minimum atomic E-state index is -0.741. The SMILES string of the molecule is CCn1ccc(CCCC(=O)O)n1. The minimum absolute atomic E-state index is 0.221. The summed E-state index contributed by atoms with van der Waals surface area (Å²) in [4.78, 5) is 10.2. The van der Waals surface area contributed by atoms with Gasteiger partial charge in [-0.25, -0.2) is 0 Å². The van der Waals surface area contributed by atoms with Gasteiger partial charge in [0.1, 0.15) is 0 Å². The molecule has 0 aliphatic rings. The van der Waals surface area contributed by atoms with Crippen molar-refractivity contribution < 1.29 is 9.90 Å². The predicted octanol–water partition coefficient (Wildman–Crippen LogP) is 1.31. The van der Waals surface area contributed by atoms with Gasteiger partial charge >= 0.3 is 5.97 Å². The summed E-state index contributed by atoms with van der Waals surface area (Å²) in [5, 5.41) is 12.7. The fourth-order valence-electron chi connectivity index (χ4n) is 1.13. The summed E-state index contributed by atoms with van der Waals surface area (Å²) < 4.78 is 1.84. The zero-order valence-corrected chi connectivity index (χ0v) is 7.73. The molecule has 0 atom stereocenters. The van der Waals surface area contributed by atoms with Gasteiger partial charge in [0.2, 0.25) is 0 Å². The molecule has 0 saturated heterocycles. The average Bonchev–Trinajstić information content (AvgIpc) is 2.52. The molecule has 0 aromatic carbocycles. The molecule has 1 aromatic rings. The Hall–Kier alpha value is -1.32. The summed E-state index contributed by atoms with van der Waals surface area (Å²) in [5.74, 6) is -0.741. The van der Waals surface area contributed by atoms with Crippen LogP contribution in [0.4, 0.5) is 0 Å². The molecule has 1 N–H and O–H groups in total. The van der Waals surface area contributed by atoms with Crippen LogP contribution in [-0.2, 0) is 17.8 Å². The molecule has 0 aliphatic carbocycles. The van der Waals surface area contributed by atoms with Gasteiger partial charge in [0, 0.05) is 19.2 Å². The molecule has 72 valence electrons. The second-order valence-corrected chi connectivity index (χ2v) is 2.91. The molecule has 1 heterocycles. The summed E-state index contributed by atoms with van der Waals surface area (Å²) in [6.45, 7) is 2.88. The van der Waals surface area contributed by atoms with Crippen LogP contribution in [0, 0.1) is 0 Å². The van der Waals surface area contributed by atoms with E-state index in [2.05, 4.69) is 5.10 Å². The fourth-order valence-corrected chi connectivity index (χ4v) is 1.13. The maximum Gasteiger partial charge on any atom is 0.303 e. The summed E-state index contributed by atoms with van der Waals surface area (Å²) in [5.41, 5.74) is 0.975. The summed E-state index contributed by atoms with van der Waals surface area (Å²) in [7, 11) is 0. The Bertz CT molecular complexity index is 281. The zero-order chi connectivity index (χ0) is 9.68. The van der Waals surface area contributed by atoms with Crippen LogP contribution < -0.4 is 0 Å². The van der Waals surface area contributed by atoms with Gasteiger partial charge < -0.3 is 5.11 Å². The number of nitrogens with zero attached hydrogens (tertiary/aromatic N) is 2. The topological polar surface area (TPSA) is 55.1 Å². The van der Waals surface area contributed by atoms with E-state index in [0.29, 0.717) is 6.42 Å². The van der Waals surface area contributed by atoms with Crippen molar-refractivity contribution in [3.8, 4) is 0 Å². The molecule has 4 heteroatoms. The number of hydrogen-bond donors (Lipinski definition) is 1. The van der Waals surface area contributed by atoms with Crippen LogP contribution >= 0.6 is 0 Å². The van der Waals surface area contributed by atoms with Crippen LogP contribution in [0.15, 0.2) is 12.3 Å². The van der Waals surface area contributed by atoms with Crippen molar-refractivity contribution in [2.24, 2.45) is 0 Å². The van der Waals surface area contributed by atoms with E-state index < -0.39 is 5.97 Å². The molecule has 0 aliphatic heterocycles. The number of carboxylic acids is 1. The second-order valence-electron chi connectivity index (χ2n) is 2.91. The Labute approximate surface area is 77.2 Å². The summed E-state index contributed by atoms with van der Waals surface area (Å²) >= 11 is 0. The standard InChI is InChI=1S/C9H14N2O2/c1-2-11-7-6-8(10-11)4-3-5-9(12)13/h6-7H,2-5H2,1H3,(H,12,13). The minimum Gasteiger partial charge on any atom is -0.481 e. The Balaban J connectivity index is 2.32. The highest BCUT2D eigenvalue weighted by molar-refractivity contribution is 5.66. The van der Waals surface area contributed by atoms with Crippen molar-refractivity contribution in [3.63, 3.8) is 0 Å². The largest absolute Gasteiger partial charge is 0.481 e. The highest BCUT2D eigenvalue weighted by atomic mass is 16.4. The van der Waals surface area contributed by atoms with E-state index in [9.17, 15) is 4.79 Å². The fraction of sp³-hybridized carbons (Fsp3) is 0.556. The molecule has 1 aromatic heterocycles. The van der Waals surface area contributed by atoms with Crippen LogP contribution in [0.1, 0.15) is 25.5 Å². The normalized spacial score (nSPS) is 10.2. The molecule has 1 rings (SSSR count). The quantitative estimate of drug-likeness (QED) is 0.747. The van der Waals surface area contributed by atoms with Gasteiger partial charge in [-0.05, 0) is 25.8 Å². The van der Waals surface area contributed by atoms with Crippen LogP contribution in [0.5, 0.6) is 0 Å². The van der Waals surface area contributed by atoms with E-state index in [1.165, 1.54) is 0 Å². The lowest BCUT2D eigenvalue weighted by Gasteiger charge is -1.94. The van der Waals surface area contributed by atoms with Gasteiger partial charge in [0.05, 0.1) is 5.69 Å². The predicted molar refractivity (Wildman–Crippen MR) is 48.5 cm³/mol. The highest BCUT2D eigenvalue weighted by Crippen LogP contribution is 2.02. The first kappa shape index (κ1) is 9.77. The number of aryl methyl sites for hydroxylation is 2. The molecule has 0 saturated carbocycles. The monoisotopic (exact) mass is 182 g/mol. The number of aromatic nitrogens is 2. The van der Waals surface area contributed by atoms with Gasteiger partial charge in [-0.2, -0.15) is 5.10 Å². The Morgan fingerprint density at radius 1 is 1.69 bits per heavy atom. The van der Waals surface area contributed by atoms with Crippen LogP contribution in [0.25, 0.3) is 0 Å². The Morgan fingerprint density at radius 2 is 2.46 bits per heavy atom. The summed E-state index contributed by atoms with van der Waals surface area (Å²) in [6.07, 6.45) is 3.55. The number of hydrogen-bond acceptors (Lipinski definition) is 2. The van der Waals surface area contributed by atoms with Gasteiger partial charge in [-0.15, -0.1) is 0 Å². The molecular formula is C9H14N2O2.